The summed E-state index contributed by atoms with van der Waals surface area (Å²) in [6.45, 7) is 1.23. The van der Waals surface area contributed by atoms with E-state index in [0.717, 1.165) is 12.1 Å². The van der Waals surface area contributed by atoms with Crippen molar-refractivity contribution in [1.82, 2.24) is 0 Å². The molecule has 2 aromatic rings. The minimum Gasteiger partial charge on any atom is -0.378 e. The highest BCUT2D eigenvalue weighted by atomic mass is 32.2. The van der Waals surface area contributed by atoms with Crippen LogP contribution in [0.25, 0.3) is 0 Å². The predicted molar refractivity (Wildman–Crippen MR) is 106 cm³/mol. The first kappa shape index (κ1) is 23.7. The van der Waals surface area contributed by atoms with Gasteiger partial charge in [0.25, 0.3) is 15.5 Å². The number of hydrogen-bond acceptors (Lipinski definition) is 8. The van der Waals surface area contributed by atoms with Gasteiger partial charge in [0.15, 0.2) is 0 Å². The van der Waals surface area contributed by atoms with Gasteiger partial charge in [-0.2, -0.15) is 13.2 Å². The molecule has 166 valence electrons. The van der Waals surface area contributed by atoms with Crippen LogP contribution in [0.3, 0.4) is 0 Å². The Balaban J connectivity index is 2.63. The number of nitro benzene ring substituents is 1. The van der Waals surface area contributed by atoms with Crippen molar-refractivity contribution in [2.75, 3.05) is 24.3 Å². The van der Waals surface area contributed by atoms with Crippen molar-refractivity contribution >= 4 is 44.2 Å². The van der Waals surface area contributed by atoms with Crippen molar-refractivity contribution in [3.05, 3.63) is 46.5 Å². The highest BCUT2D eigenvalue weighted by molar-refractivity contribution is 7.92. The topological polar surface area (TPSA) is 134 Å². The second-order valence-corrected chi connectivity index (χ2v) is 8.24. The summed E-state index contributed by atoms with van der Waals surface area (Å²) in [7, 11) is -2.48. The number of carbonyl (C=O) groups excluding carboxylic acids is 1. The number of nitro groups is 1. The van der Waals surface area contributed by atoms with Crippen molar-refractivity contribution in [3.63, 3.8) is 0 Å². The van der Waals surface area contributed by atoms with Crippen LogP contribution in [0.5, 0.6) is 0 Å². The average molecular weight is 459 g/mol. The molecule has 14 heteroatoms. The molecule has 0 heterocycles. The van der Waals surface area contributed by atoms with E-state index in [-0.39, 0.29) is 17.4 Å². The fourth-order valence-corrected chi connectivity index (χ4v) is 3.24. The summed E-state index contributed by atoms with van der Waals surface area (Å²) in [5.41, 5.74) is -6.47. The lowest BCUT2D eigenvalue weighted by atomic mass is 10.2. The third-order valence-corrected chi connectivity index (χ3v) is 5.34. The number of alkyl halides is 3. The standard InChI is InChI=1S/C17H16F3N5O5S/c1-10(26)21-15-8-11(24(2)3)4-6-13(15)22-23-14-7-5-12(25(27)28)9-16(14)31(29,30)17(18,19)20/h4-9H,1-3H3,(H,21,26). The number of amides is 1. The molecule has 2 rings (SSSR count). The van der Waals surface area contributed by atoms with Gasteiger partial charge in [0.1, 0.15) is 16.3 Å². The monoisotopic (exact) mass is 459 g/mol. The van der Waals surface area contributed by atoms with Crippen LogP contribution < -0.4 is 10.2 Å². The van der Waals surface area contributed by atoms with Crippen LogP contribution in [0, 0.1) is 10.1 Å². The molecule has 0 radical (unpaired) electrons. The number of rotatable bonds is 6. The normalized spacial score (nSPS) is 12.1. The zero-order valence-electron chi connectivity index (χ0n) is 16.3. The summed E-state index contributed by atoms with van der Waals surface area (Å²) in [6, 6.07) is 6.33. The highest BCUT2D eigenvalue weighted by Crippen LogP contribution is 2.39. The Labute approximate surface area is 174 Å². The maximum absolute atomic E-state index is 13.0. The van der Waals surface area contributed by atoms with Gasteiger partial charge in [0.2, 0.25) is 5.91 Å². The SMILES string of the molecule is CC(=O)Nc1cc(N(C)C)ccc1N=Nc1ccc([N+](=O)[O-])cc1S(=O)(=O)C(F)(F)F. The zero-order valence-corrected chi connectivity index (χ0v) is 17.2. The molecule has 1 amide bonds. The molecule has 0 saturated carbocycles. The van der Waals surface area contributed by atoms with E-state index >= 15 is 0 Å². The average Bonchev–Trinajstić information content (AvgIpc) is 2.65. The van der Waals surface area contributed by atoms with E-state index in [1.54, 1.807) is 25.1 Å². The molecule has 2 aromatic carbocycles. The van der Waals surface area contributed by atoms with E-state index in [9.17, 15) is 36.5 Å². The van der Waals surface area contributed by atoms with E-state index in [4.69, 9.17) is 0 Å². The summed E-state index contributed by atoms with van der Waals surface area (Å²) in [4.78, 5) is 21.6. The van der Waals surface area contributed by atoms with E-state index in [2.05, 4.69) is 15.5 Å². The van der Waals surface area contributed by atoms with Crippen molar-refractivity contribution in [1.29, 1.82) is 0 Å². The van der Waals surface area contributed by atoms with Crippen molar-refractivity contribution in [3.8, 4) is 0 Å². The number of azo groups is 1. The Morgan fingerprint density at radius 1 is 1.10 bits per heavy atom. The number of nitrogens with one attached hydrogen (secondary N) is 1. The number of anilines is 2. The molecule has 0 aliphatic carbocycles. The first-order chi connectivity index (χ1) is 14.2. The molecule has 0 unspecified atom stereocenters. The van der Waals surface area contributed by atoms with Crippen LogP contribution in [-0.4, -0.2) is 38.9 Å². The Bertz CT molecular complexity index is 1160. The number of non-ortho nitro benzene ring substituents is 1. The molecule has 0 atom stereocenters. The number of nitrogens with zero attached hydrogens (tertiary/aromatic N) is 4. The fraction of sp³-hybridized carbons (Fsp3) is 0.235. The van der Waals surface area contributed by atoms with Gasteiger partial charge in [-0.3, -0.25) is 14.9 Å². The zero-order chi connectivity index (χ0) is 23.6. The van der Waals surface area contributed by atoms with Gasteiger partial charge in [-0.1, -0.05) is 0 Å². The largest absolute Gasteiger partial charge is 0.501 e. The molecule has 0 bridgehead atoms. The third kappa shape index (κ3) is 5.33. The van der Waals surface area contributed by atoms with Crippen LogP contribution in [-0.2, 0) is 14.6 Å². The molecule has 0 fully saturated rings. The highest BCUT2D eigenvalue weighted by Gasteiger charge is 2.48. The predicted octanol–water partition coefficient (Wildman–Crippen LogP) is 4.33. The van der Waals surface area contributed by atoms with Gasteiger partial charge in [-0.05, 0) is 24.3 Å². The molecule has 0 aliphatic rings. The molecule has 0 spiro atoms. The smallest absolute Gasteiger partial charge is 0.378 e. The molecule has 31 heavy (non-hydrogen) atoms. The van der Waals surface area contributed by atoms with E-state index in [0.29, 0.717) is 5.69 Å². The van der Waals surface area contributed by atoms with Crippen LogP contribution in [0.1, 0.15) is 6.92 Å². The van der Waals surface area contributed by atoms with Crippen LogP contribution in [0.4, 0.5) is 41.6 Å². The van der Waals surface area contributed by atoms with E-state index < -0.39 is 42.4 Å². The summed E-state index contributed by atoms with van der Waals surface area (Å²) >= 11 is 0. The molecular weight excluding hydrogens is 443 g/mol. The molecule has 0 saturated heterocycles. The Hall–Kier alpha value is -3.55. The lowest BCUT2D eigenvalue weighted by Crippen LogP contribution is -2.23. The Kier molecular flexibility index (Phi) is 6.64. The van der Waals surface area contributed by atoms with Gasteiger partial charge in [-0.25, -0.2) is 8.42 Å². The van der Waals surface area contributed by atoms with E-state index in [1.165, 1.54) is 19.1 Å². The van der Waals surface area contributed by atoms with Crippen molar-refractivity contribution < 1.29 is 31.3 Å². The number of sulfone groups is 1. The first-order valence-electron chi connectivity index (χ1n) is 8.34. The third-order valence-electron chi connectivity index (χ3n) is 3.82. The van der Waals surface area contributed by atoms with Crippen molar-refractivity contribution in [2.24, 2.45) is 10.2 Å². The van der Waals surface area contributed by atoms with Gasteiger partial charge in [0, 0.05) is 38.8 Å². The summed E-state index contributed by atoms with van der Waals surface area (Å²) in [5.74, 6) is -0.456. The van der Waals surface area contributed by atoms with Crippen LogP contribution >= 0.6 is 0 Å². The molecule has 1 N–H and O–H groups in total. The fourth-order valence-electron chi connectivity index (χ4n) is 2.33. The molecule has 10 nitrogen and oxygen atoms in total. The number of benzene rings is 2. The number of carbonyl (C=O) groups is 1. The quantitative estimate of drug-likeness (QED) is 0.388. The summed E-state index contributed by atoms with van der Waals surface area (Å²) in [6.07, 6.45) is 0. The maximum Gasteiger partial charge on any atom is 0.501 e. The summed E-state index contributed by atoms with van der Waals surface area (Å²) in [5, 5.41) is 20.7. The second-order valence-electron chi connectivity index (χ2n) is 6.34. The van der Waals surface area contributed by atoms with Gasteiger partial charge < -0.3 is 10.2 Å². The lowest BCUT2D eigenvalue weighted by Gasteiger charge is -2.15. The van der Waals surface area contributed by atoms with Gasteiger partial charge in [-0.15, -0.1) is 10.2 Å². The number of hydrogen-bond donors (Lipinski definition) is 1. The number of halogens is 3. The van der Waals surface area contributed by atoms with Gasteiger partial charge in [0.05, 0.1) is 10.6 Å². The van der Waals surface area contributed by atoms with Crippen LogP contribution in [0.2, 0.25) is 0 Å². The van der Waals surface area contributed by atoms with Crippen LogP contribution in [0.15, 0.2) is 51.5 Å². The maximum atomic E-state index is 13.0. The Morgan fingerprint density at radius 2 is 1.68 bits per heavy atom. The van der Waals surface area contributed by atoms with Crippen molar-refractivity contribution in [2.45, 2.75) is 17.3 Å². The molecular formula is C17H16F3N5O5S. The Morgan fingerprint density at radius 3 is 2.19 bits per heavy atom. The summed E-state index contributed by atoms with van der Waals surface area (Å²) < 4.78 is 62.9. The molecule has 0 aliphatic heterocycles. The van der Waals surface area contributed by atoms with Gasteiger partial charge >= 0.3 is 5.51 Å². The minimum atomic E-state index is -5.95. The molecule has 0 aromatic heterocycles. The lowest BCUT2D eigenvalue weighted by molar-refractivity contribution is -0.385. The first-order valence-corrected chi connectivity index (χ1v) is 9.83. The second kappa shape index (κ2) is 8.67. The minimum absolute atomic E-state index is 0.0227. The van der Waals surface area contributed by atoms with E-state index in [1.807, 2.05) is 0 Å².